The first-order chi connectivity index (χ1) is 13.6. The number of benzene rings is 1. The van der Waals surface area contributed by atoms with E-state index in [2.05, 4.69) is 38.5 Å². The Kier molecular flexibility index (Phi) is 3.91. The summed E-state index contributed by atoms with van der Waals surface area (Å²) in [6, 6.07) is 9.77. The van der Waals surface area contributed by atoms with Gasteiger partial charge in [-0.3, -0.25) is 9.69 Å². The SMILES string of the molecule is Cc1noc2cc(C(=O)Nc3cc4[nH]c([C@H]5CCCN5C)cc4cn3)ccc12. The standard InChI is InChI=1S/C21H21N5O2/c1-12-15-6-5-13(9-19(15)28-25-12)21(27)24-20-10-16-14(11-22-20)8-17(23-16)18-4-3-7-26(18)2/h5-6,8-11,18,23H,3-4,7H2,1-2H3,(H,22,24,27)/t18-/m1/s1. The van der Waals surface area contributed by atoms with Gasteiger partial charge < -0.3 is 14.8 Å². The lowest BCUT2D eigenvalue weighted by molar-refractivity contribution is 0.102. The molecular formula is C21H21N5O2. The monoisotopic (exact) mass is 375 g/mol. The minimum absolute atomic E-state index is 0.231. The first-order valence-electron chi connectivity index (χ1n) is 9.45. The van der Waals surface area contributed by atoms with Crippen LogP contribution in [-0.4, -0.2) is 39.5 Å². The summed E-state index contributed by atoms with van der Waals surface area (Å²) in [7, 11) is 2.15. The predicted molar refractivity (Wildman–Crippen MR) is 107 cm³/mol. The Morgan fingerprint density at radius 2 is 2.21 bits per heavy atom. The van der Waals surface area contributed by atoms with E-state index in [9.17, 15) is 4.79 Å². The Hall–Kier alpha value is -3.19. The van der Waals surface area contributed by atoms with Crippen molar-refractivity contribution in [2.75, 3.05) is 18.9 Å². The third kappa shape index (κ3) is 2.84. The number of amides is 1. The number of H-pyrrole nitrogens is 1. The minimum Gasteiger partial charge on any atom is -0.357 e. The maximum atomic E-state index is 12.6. The molecule has 1 aromatic carbocycles. The Bertz CT molecular complexity index is 1190. The zero-order valence-electron chi connectivity index (χ0n) is 15.8. The van der Waals surface area contributed by atoms with Crippen molar-refractivity contribution in [3.63, 3.8) is 0 Å². The van der Waals surface area contributed by atoms with Crippen LogP contribution in [0.5, 0.6) is 0 Å². The van der Waals surface area contributed by atoms with Gasteiger partial charge in [-0.25, -0.2) is 4.98 Å². The van der Waals surface area contributed by atoms with Crippen molar-refractivity contribution >= 4 is 33.6 Å². The molecule has 1 saturated heterocycles. The number of aromatic nitrogens is 3. The van der Waals surface area contributed by atoms with Crippen LogP contribution in [0.3, 0.4) is 0 Å². The van der Waals surface area contributed by atoms with Gasteiger partial charge in [-0.05, 0) is 57.6 Å². The maximum Gasteiger partial charge on any atom is 0.256 e. The van der Waals surface area contributed by atoms with E-state index in [1.807, 2.05) is 19.1 Å². The molecular weight excluding hydrogens is 354 g/mol. The van der Waals surface area contributed by atoms with Crippen molar-refractivity contribution in [2.45, 2.75) is 25.8 Å². The summed E-state index contributed by atoms with van der Waals surface area (Å²) in [6.45, 7) is 2.99. The van der Waals surface area contributed by atoms with E-state index in [1.54, 1.807) is 18.3 Å². The van der Waals surface area contributed by atoms with Crippen molar-refractivity contribution in [1.29, 1.82) is 0 Å². The van der Waals surface area contributed by atoms with E-state index in [0.29, 0.717) is 23.0 Å². The predicted octanol–water partition coefficient (Wildman–Crippen LogP) is 4.03. The molecule has 4 heterocycles. The summed E-state index contributed by atoms with van der Waals surface area (Å²) < 4.78 is 5.25. The van der Waals surface area contributed by atoms with E-state index in [1.165, 1.54) is 12.1 Å². The van der Waals surface area contributed by atoms with Gasteiger partial charge in [0.05, 0.1) is 11.2 Å². The van der Waals surface area contributed by atoms with E-state index in [0.717, 1.165) is 34.9 Å². The summed E-state index contributed by atoms with van der Waals surface area (Å²) in [6.07, 6.45) is 4.16. The number of likely N-dealkylation sites (tertiary alicyclic amines) is 1. The molecule has 7 nitrogen and oxygen atoms in total. The number of aryl methyl sites for hydroxylation is 1. The fraction of sp³-hybridized carbons (Fsp3) is 0.286. The molecule has 1 aliphatic rings. The van der Waals surface area contributed by atoms with Crippen LogP contribution in [0.15, 0.2) is 41.1 Å². The van der Waals surface area contributed by atoms with Gasteiger partial charge in [-0.2, -0.15) is 0 Å². The molecule has 0 aliphatic carbocycles. The van der Waals surface area contributed by atoms with Gasteiger partial charge in [0, 0.05) is 40.3 Å². The highest BCUT2D eigenvalue weighted by molar-refractivity contribution is 6.06. The van der Waals surface area contributed by atoms with E-state index in [4.69, 9.17) is 4.52 Å². The van der Waals surface area contributed by atoms with E-state index in [-0.39, 0.29) is 5.91 Å². The zero-order valence-corrected chi connectivity index (χ0v) is 15.8. The molecule has 4 aromatic rings. The Balaban J connectivity index is 1.39. The number of carbonyl (C=O) groups is 1. The average Bonchev–Trinajstić information content (AvgIpc) is 3.39. The number of anilines is 1. The number of pyridine rings is 1. The lowest BCUT2D eigenvalue weighted by atomic mass is 10.1. The lowest BCUT2D eigenvalue weighted by Gasteiger charge is -2.17. The molecule has 3 aromatic heterocycles. The van der Waals surface area contributed by atoms with Gasteiger partial charge in [-0.1, -0.05) is 5.16 Å². The Morgan fingerprint density at radius 1 is 1.32 bits per heavy atom. The summed E-state index contributed by atoms with van der Waals surface area (Å²) in [5.41, 5.74) is 4.09. The van der Waals surface area contributed by atoms with Gasteiger partial charge in [0.15, 0.2) is 5.58 Å². The minimum atomic E-state index is -0.231. The second-order valence-electron chi connectivity index (χ2n) is 7.45. The quantitative estimate of drug-likeness (QED) is 0.564. The van der Waals surface area contributed by atoms with Gasteiger partial charge >= 0.3 is 0 Å². The summed E-state index contributed by atoms with van der Waals surface area (Å²) in [5.74, 6) is 0.282. The molecule has 28 heavy (non-hydrogen) atoms. The molecule has 7 heteroatoms. The lowest BCUT2D eigenvalue weighted by Crippen LogP contribution is -2.17. The van der Waals surface area contributed by atoms with Gasteiger partial charge in [0.2, 0.25) is 0 Å². The number of rotatable bonds is 3. The molecule has 5 rings (SSSR count). The highest BCUT2D eigenvalue weighted by atomic mass is 16.5. The fourth-order valence-corrected chi connectivity index (χ4v) is 3.99. The molecule has 0 unspecified atom stereocenters. The van der Waals surface area contributed by atoms with Crippen LogP contribution in [0, 0.1) is 6.92 Å². The molecule has 1 atom stereocenters. The van der Waals surface area contributed by atoms with Crippen LogP contribution >= 0.6 is 0 Å². The molecule has 2 N–H and O–H groups in total. The average molecular weight is 375 g/mol. The van der Waals surface area contributed by atoms with Crippen molar-refractivity contribution in [3.8, 4) is 0 Å². The van der Waals surface area contributed by atoms with E-state index < -0.39 is 0 Å². The van der Waals surface area contributed by atoms with Crippen molar-refractivity contribution in [2.24, 2.45) is 0 Å². The number of hydrogen-bond donors (Lipinski definition) is 2. The molecule has 142 valence electrons. The number of nitrogens with zero attached hydrogens (tertiary/aromatic N) is 3. The van der Waals surface area contributed by atoms with Crippen LogP contribution in [0.25, 0.3) is 21.9 Å². The first kappa shape index (κ1) is 16.9. The highest BCUT2D eigenvalue weighted by Crippen LogP contribution is 2.32. The highest BCUT2D eigenvalue weighted by Gasteiger charge is 2.24. The third-order valence-corrected chi connectivity index (χ3v) is 5.56. The van der Waals surface area contributed by atoms with Crippen LogP contribution in [0.2, 0.25) is 0 Å². The number of carbonyl (C=O) groups excluding carboxylic acids is 1. The number of nitrogens with one attached hydrogen (secondary N) is 2. The molecule has 1 fully saturated rings. The topological polar surface area (TPSA) is 87.0 Å². The largest absolute Gasteiger partial charge is 0.357 e. The van der Waals surface area contributed by atoms with Crippen LogP contribution < -0.4 is 5.32 Å². The normalized spacial score (nSPS) is 17.6. The number of aromatic amines is 1. The van der Waals surface area contributed by atoms with Crippen molar-refractivity contribution in [1.82, 2.24) is 20.0 Å². The smallest absolute Gasteiger partial charge is 0.256 e. The summed E-state index contributed by atoms with van der Waals surface area (Å²) in [4.78, 5) is 22.9. The van der Waals surface area contributed by atoms with Crippen molar-refractivity contribution in [3.05, 3.63) is 53.5 Å². The Labute approximate surface area is 161 Å². The molecule has 0 bridgehead atoms. The van der Waals surface area contributed by atoms with Crippen LogP contribution in [-0.2, 0) is 0 Å². The molecule has 1 amide bonds. The van der Waals surface area contributed by atoms with Gasteiger partial charge in [0.25, 0.3) is 5.91 Å². The van der Waals surface area contributed by atoms with Crippen LogP contribution in [0.4, 0.5) is 5.82 Å². The van der Waals surface area contributed by atoms with Crippen LogP contribution in [0.1, 0.15) is 40.6 Å². The zero-order chi connectivity index (χ0) is 19.3. The van der Waals surface area contributed by atoms with E-state index >= 15 is 0 Å². The van der Waals surface area contributed by atoms with Crippen molar-refractivity contribution < 1.29 is 9.32 Å². The molecule has 0 saturated carbocycles. The first-order valence-corrected chi connectivity index (χ1v) is 9.45. The Morgan fingerprint density at radius 3 is 3.04 bits per heavy atom. The molecule has 1 aliphatic heterocycles. The summed E-state index contributed by atoms with van der Waals surface area (Å²) in [5, 5.41) is 8.75. The fourth-order valence-electron chi connectivity index (χ4n) is 3.99. The maximum absolute atomic E-state index is 12.6. The number of fused-ring (bicyclic) bond motifs is 2. The summed E-state index contributed by atoms with van der Waals surface area (Å²) >= 11 is 0. The molecule has 0 spiro atoms. The van der Waals surface area contributed by atoms with Gasteiger partial charge in [0.1, 0.15) is 5.82 Å². The second-order valence-corrected chi connectivity index (χ2v) is 7.45. The number of hydrogen-bond acceptors (Lipinski definition) is 5. The molecule has 0 radical (unpaired) electrons. The van der Waals surface area contributed by atoms with Gasteiger partial charge in [-0.15, -0.1) is 0 Å². The third-order valence-electron chi connectivity index (χ3n) is 5.56. The second kappa shape index (κ2) is 6.45.